The summed E-state index contributed by atoms with van der Waals surface area (Å²) in [6.45, 7) is 2.40. The van der Waals surface area contributed by atoms with Crippen molar-refractivity contribution in [2.24, 2.45) is 0 Å². The number of benzene rings is 1. The van der Waals surface area contributed by atoms with Gasteiger partial charge in [0.15, 0.2) is 0 Å². The number of hydrogen-bond donors (Lipinski definition) is 1. The number of hydrogen-bond acceptors (Lipinski definition) is 3. The van der Waals surface area contributed by atoms with Crippen molar-refractivity contribution in [2.75, 3.05) is 26.9 Å². The lowest BCUT2D eigenvalue weighted by molar-refractivity contribution is 0.00934. The zero-order chi connectivity index (χ0) is 13.4. The number of halogens is 2. The molecule has 1 aromatic carbocycles. The number of nitrogens with one attached hydrogen (secondary N) is 1. The van der Waals surface area contributed by atoms with Crippen LogP contribution in [0.3, 0.4) is 0 Å². The van der Waals surface area contributed by atoms with Crippen molar-refractivity contribution in [3.05, 3.63) is 29.8 Å². The lowest BCUT2D eigenvalue weighted by Crippen LogP contribution is -2.26. The highest BCUT2D eigenvalue weighted by Crippen LogP contribution is 2.18. The zero-order valence-corrected chi connectivity index (χ0v) is 10.7. The van der Waals surface area contributed by atoms with Crippen molar-refractivity contribution in [3.8, 4) is 5.75 Å². The first-order chi connectivity index (χ1) is 8.67. The summed E-state index contributed by atoms with van der Waals surface area (Å²) < 4.78 is 34.1. The Morgan fingerprint density at radius 1 is 1.17 bits per heavy atom. The highest BCUT2D eigenvalue weighted by Gasteiger charge is 2.12. The van der Waals surface area contributed by atoms with Crippen molar-refractivity contribution >= 4 is 0 Å². The van der Waals surface area contributed by atoms with Crippen LogP contribution in [-0.2, 0) is 4.74 Å². The molecule has 1 aromatic rings. The molecule has 0 aliphatic heterocycles. The van der Waals surface area contributed by atoms with E-state index in [1.807, 2.05) is 31.2 Å². The van der Waals surface area contributed by atoms with Gasteiger partial charge >= 0.3 is 0 Å². The van der Waals surface area contributed by atoms with E-state index in [-0.39, 0.29) is 12.6 Å². The van der Waals surface area contributed by atoms with Crippen LogP contribution >= 0.6 is 0 Å². The zero-order valence-electron chi connectivity index (χ0n) is 10.7. The fourth-order valence-corrected chi connectivity index (χ4v) is 1.63. The minimum atomic E-state index is -2.43. The Morgan fingerprint density at radius 3 is 2.33 bits per heavy atom. The maximum atomic E-state index is 12.0. The largest absolute Gasteiger partial charge is 0.497 e. The summed E-state index contributed by atoms with van der Waals surface area (Å²) in [6, 6.07) is 7.40. The number of methoxy groups -OCH3 is 1. The van der Waals surface area contributed by atoms with Gasteiger partial charge in [-0.1, -0.05) is 19.1 Å². The van der Waals surface area contributed by atoms with Gasteiger partial charge < -0.3 is 14.8 Å². The smallest absolute Gasteiger partial charge is 0.261 e. The number of ether oxygens (including phenoxy) is 2. The molecule has 0 aromatic heterocycles. The summed E-state index contributed by atoms with van der Waals surface area (Å²) in [5, 5.41) is 3.20. The molecule has 0 spiro atoms. The van der Waals surface area contributed by atoms with Crippen molar-refractivity contribution in [1.82, 2.24) is 5.32 Å². The summed E-state index contributed by atoms with van der Waals surface area (Å²) in [6.07, 6.45) is -2.43. The molecule has 18 heavy (non-hydrogen) atoms. The molecule has 1 N–H and O–H groups in total. The van der Waals surface area contributed by atoms with Gasteiger partial charge in [0.1, 0.15) is 12.4 Å². The van der Waals surface area contributed by atoms with Crippen LogP contribution in [-0.4, -0.2) is 33.3 Å². The SMILES string of the molecule is CCNC(COCC(F)F)c1ccc(OC)cc1. The van der Waals surface area contributed by atoms with E-state index in [9.17, 15) is 8.78 Å². The van der Waals surface area contributed by atoms with Gasteiger partial charge in [-0.3, -0.25) is 0 Å². The Balaban J connectivity index is 2.58. The summed E-state index contributed by atoms with van der Waals surface area (Å²) >= 11 is 0. The van der Waals surface area contributed by atoms with Gasteiger partial charge in [-0.2, -0.15) is 0 Å². The predicted octanol–water partition coefficient (Wildman–Crippen LogP) is 2.63. The number of likely N-dealkylation sites (N-methyl/N-ethyl adjacent to an activating group) is 1. The van der Waals surface area contributed by atoms with Crippen LogP contribution in [0.25, 0.3) is 0 Å². The molecule has 1 rings (SSSR count). The minimum Gasteiger partial charge on any atom is -0.497 e. The molecular weight excluding hydrogens is 240 g/mol. The summed E-state index contributed by atoms with van der Waals surface area (Å²) in [5.74, 6) is 0.766. The molecule has 0 aliphatic rings. The van der Waals surface area contributed by atoms with Gasteiger partial charge in [0.2, 0.25) is 0 Å². The Kier molecular flexibility index (Phi) is 6.60. The first-order valence-electron chi connectivity index (χ1n) is 5.90. The minimum absolute atomic E-state index is 0.0837. The third-order valence-corrected chi connectivity index (χ3v) is 2.50. The molecule has 1 unspecified atom stereocenters. The van der Waals surface area contributed by atoms with Gasteiger partial charge in [-0.05, 0) is 24.2 Å². The molecule has 0 saturated carbocycles. The summed E-state index contributed by atoms with van der Waals surface area (Å²) in [7, 11) is 1.60. The molecular formula is C13H19F2NO2. The van der Waals surface area contributed by atoms with Crippen LogP contribution in [0.2, 0.25) is 0 Å². The van der Waals surface area contributed by atoms with E-state index in [0.717, 1.165) is 17.9 Å². The molecule has 0 radical (unpaired) electrons. The van der Waals surface area contributed by atoms with E-state index in [0.29, 0.717) is 0 Å². The van der Waals surface area contributed by atoms with Gasteiger partial charge in [-0.15, -0.1) is 0 Å². The van der Waals surface area contributed by atoms with E-state index in [1.54, 1.807) is 7.11 Å². The third kappa shape index (κ3) is 4.98. The quantitative estimate of drug-likeness (QED) is 0.778. The average Bonchev–Trinajstić information content (AvgIpc) is 2.37. The molecule has 0 heterocycles. The van der Waals surface area contributed by atoms with Crippen LogP contribution in [0.5, 0.6) is 5.75 Å². The molecule has 3 nitrogen and oxygen atoms in total. The van der Waals surface area contributed by atoms with Crippen molar-refractivity contribution in [2.45, 2.75) is 19.4 Å². The summed E-state index contributed by atoms with van der Waals surface area (Å²) in [4.78, 5) is 0. The Bertz CT molecular complexity index is 330. The third-order valence-electron chi connectivity index (χ3n) is 2.50. The Labute approximate surface area is 106 Å². The summed E-state index contributed by atoms with van der Waals surface area (Å²) in [5.41, 5.74) is 0.993. The van der Waals surface area contributed by atoms with E-state index < -0.39 is 13.0 Å². The Hall–Kier alpha value is -1.20. The van der Waals surface area contributed by atoms with Gasteiger partial charge in [0, 0.05) is 0 Å². The molecule has 0 aliphatic carbocycles. The van der Waals surface area contributed by atoms with Gasteiger partial charge in [0.25, 0.3) is 6.43 Å². The maximum absolute atomic E-state index is 12.0. The average molecular weight is 259 g/mol. The van der Waals surface area contributed by atoms with Crippen molar-refractivity contribution in [1.29, 1.82) is 0 Å². The topological polar surface area (TPSA) is 30.5 Å². The first kappa shape index (κ1) is 14.9. The maximum Gasteiger partial charge on any atom is 0.261 e. The van der Waals surface area contributed by atoms with E-state index >= 15 is 0 Å². The predicted molar refractivity (Wildman–Crippen MR) is 66.2 cm³/mol. The van der Waals surface area contributed by atoms with Crippen LogP contribution in [0.1, 0.15) is 18.5 Å². The number of alkyl halides is 2. The molecule has 0 bridgehead atoms. The van der Waals surface area contributed by atoms with Crippen LogP contribution in [0.4, 0.5) is 8.78 Å². The van der Waals surface area contributed by atoms with Crippen molar-refractivity contribution in [3.63, 3.8) is 0 Å². The van der Waals surface area contributed by atoms with Crippen LogP contribution in [0, 0.1) is 0 Å². The van der Waals surface area contributed by atoms with E-state index in [2.05, 4.69) is 5.32 Å². The van der Waals surface area contributed by atoms with Crippen LogP contribution in [0.15, 0.2) is 24.3 Å². The first-order valence-corrected chi connectivity index (χ1v) is 5.90. The Morgan fingerprint density at radius 2 is 1.83 bits per heavy atom. The van der Waals surface area contributed by atoms with Crippen LogP contribution < -0.4 is 10.1 Å². The van der Waals surface area contributed by atoms with Gasteiger partial charge in [0.05, 0.1) is 19.8 Å². The molecule has 0 fully saturated rings. The fraction of sp³-hybridized carbons (Fsp3) is 0.538. The molecule has 0 saturated heterocycles. The molecule has 1 atom stereocenters. The van der Waals surface area contributed by atoms with E-state index in [1.165, 1.54) is 0 Å². The standard InChI is InChI=1S/C13H19F2NO2/c1-3-16-12(8-18-9-13(14)15)10-4-6-11(17-2)7-5-10/h4-7,12-13,16H,3,8-9H2,1-2H3. The lowest BCUT2D eigenvalue weighted by atomic mass is 10.1. The van der Waals surface area contributed by atoms with Gasteiger partial charge in [-0.25, -0.2) is 8.78 Å². The number of rotatable bonds is 8. The lowest BCUT2D eigenvalue weighted by Gasteiger charge is -2.18. The second-order valence-corrected chi connectivity index (χ2v) is 3.81. The second-order valence-electron chi connectivity index (χ2n) is 3.81. The molecule has 0 amide bonds. The molecule has 102 valence electrons. The van der Waals surface area contributed by atoms with E-state index in [4.69, 9.17) is 9.47 Å². The second kappa shape index (κ2) is 8.00. The fourth-order valence-electron chi connectivity index (χ4n) is 1.63. The highest BCUT2D eigenvalue weighted by atomic mass is 19.3. The normalized spacial score (nSPS) is 12.7. The van der Waals surface area contributed by atoms with Crippen molar-refractivity contribution < 1.29 is 18.3 Å². The molecule has 5 heteroatoms. The monoisotopic (exact) mass is 259 g/mol. The highest BCUT2D eigenvalue weighted by molar-refractivity contribution is 5.29.